The predicted molar refractivity (Wildman–Crippen MR) is 65.4 cm³/mol. The van der Waals surface area contributed by atoms with Gasteiger partial charge in [-0.2, -0.15) is 0 Å². The van der Waals surface area contributed by atoms with Crippen molar-refractivity contribution in [1.82, 2.24) is 5.32 Å². The number of benzene rings is 1. The molecule has 0 bridgehead atoms. The first kappa shape index (κ1) is 12.5. The van der Waals surface area contributed by atoms with Crippen molar-refractivity contribution < 1.29 is 8.78 Å². The SMILES string of the molecule is CC(C)CC(F)(F)c1cccc(C2CNC2)c1. The third-order valence-electron chi connectivity index (χ3n) is 3.23. The molecule has 1 heterocycles. The molecule has 1 aliphatic heterocycles. The summed E-state index contributed by atoms with van der Waals surface area (Å²) in [5, 5.41) is 3.16. The van der Waals surface area contributed by atoms with Gasteiger partial charge in [0, 0.05) is 31.0 Å². The van der Waals surface area contributed by atoms with Crippen molar-refractivity contribution in [2.75, 3.05) is 13.1 Å². The first-order valence-corrected chi connectivity index (χ1v) is 6.18. The summed E-state index contributed by atoms with van der Waals surface area (Å²) in [6.45, 7) is 5.46. The average molecular weight is 239 g/mol. The molecule has 1 aromatic rings. The molecule has 0 aliphatic carbocycles. The summed E-state index contributed by atoms with van der Waals surface area (Å²) >= 11 is 0. The quantitative estimate of drug-likeness (QED) is 0.847. The Morgan fingerprint density at radius 1 is 1.35 bits per heavy atom. The molecule has 1 saturated heterocycles. The number of hydrogen-bond donors (Lipinski definition) is 1. The van der Waals surface area contributed by atoms with Crippen LogP contribution in [0.25, 0.3) is 0 Å². The molecule has 0 spiro atoms. The molecule has 1 nitrogen and oxygen atoms in total. The molecule has 1 N–H and O–H groups in total. The van der Waals surface area contributed by atoms with Crippen molar-refractivity contribution >= 4 is 0 Å². The van der Waals surface area contributed by atoms with Crippen LogP contribution in [0, 0.1) is 5.92 Å². The highest BCUT2D eigenvalue weighted by molar-refractivity contribution is 5.31. The van der Waals surface area contributed by atoms with E-state index >= 15 is 0 Å². The van der Waals surface area contributed by atoms with E-state index in [4.69, 9.17) is 0 Å². The van der Waals surface area contributed by atoms with E-state index in [0.717, 1.165) is 18.7 Å². The number of nitrogens with one attached hydrogen (secondary N) is 1. The van der Waals surface area contributed by atoms with Gasteiger partial charge in [-0.3, -0.25) is 0 Å². The van der Waals surface area contributed by atoms with E-state index in [-0.39, 0.29) is 17.9 Å². The Labute approximate surface area is 101 Å². The maximum atomic E-state index is 14.0. The number of halogens is 2. The fourth-order valence-electron chi connectivity index (χ4n) is 2.18. The lowest BCUT2D eigenvalue weighted by Gasteiger charge is -2.28. The Bertz CT molecular complexity index is 384. The molecule has 17 heavy (non-hydrogen) atoms. The van der Waals surface area contributed by atoms with Crippen molar-refractivity contribution in [3.05, 3.63) is 35.4 Å². The smallest absolute Gasteiger partial charge is 0.273 e. The second-order valence-corrected chi connectivity index (χ2v) is 5.28. The van der Waals surface area contributed by atoms with Gasteiger partial charge in [-0.25, -0.2) is 8.78 Å². The average Bonchev–Trinajstić information content (AvgIpc) is 2.13. The molecule has 0 radical (unpaired) electrons. The number of rotatable bonds is 4. The summed E-state index contributed by atoms with van der Waals surface area (Å²) in [7, 11) is 0. The summed E-state index contributed by atoms with van der Waals surface area (Å²) in [5.41, 5.74) is 1.19. The Morgan fingerprint density at radius 3 is 2.59 bits per heavy atom. The second kappa shape index (κ2) is 4.73. The zero-order valence-corrected chi connectivity index (χ0v) is 10.3. The first-order chi connectivity index (χ1) is 7.99. The second-order valence-electron chi connectivity index (χ2n) is 5.28. The zero-order chi connectivity index (χ0) is 12.5. The molecule has 0 amide bonds. The highest BCUT2D eigenvalue weighted by Gasteiger charge is 2.33. The van der Waals surface area contributed by atoms with Crippen molar-refractivity contribution in [2.45, 2.75) is 32.1 Å². The van der Waals surface area contributed by atoms with Gasteiger partial charge in [0.2, 0.25) is 0 Å². The lowest BCUT2D eigenvalue weighted by atomic mass is 9.90. The van der Waals surface area contributed by atoms with Gasteiger partial charge in [-0.1, -0.05) is 32.0 Å². The standard InChI is InChI=1S/C14H19F2N/c1-10(2)7-14(15,16)13-5-3-4-11(6-13)12-8-17-9-12/h3-6,10,12,17H,7-9H2,1-2H3. The lowest BCUT2D eigenvalue weighted by molar-refractivity contribution is -0.0250. The van der Waals surface area contributed by atoms with Crippen molar-refractivity contribution in [3.63, 3.8) is 0 Å². The summed E-state index contributed by atoms with van der Waals surface area (Å²) in [6.07, 6.45) is -0.0840. The van der Waals surface area contributed by atoms with Gasteiger partial charge < -0.3 is 5.32 Å². The monoisotopic (exact) mass is 239 g/mol. The largest absolute Gasteiger partial charge is 0.315 e. The lowest BCUT2D eigenvalue weighted by Crippen LogP contribution is -2.39. The van der Waals surface area contributed by atoms with Crippen LogP contribution in [0.2, 0.25) is 0 Å². The zero-order valence-electron chi connectivity index (χ0n) is 10.3. The maximum Gasteiger partial charge on any atom is 0.273 e. The van der Waals surface area contributed by atoms with Gasteiger partial charge in [0.25, 0.3) is 5.92 Å². The Balaban J connectivity index is 2.19. The van der Waals surface area contributed by atoms with Crippen LogP contribution in [0.4, 0.5) is 8.78 Å². The molecule has 3 heteroatoms. The number of alkyl halides is 2. The summed E-state index contributed by atoms with van der Waals surface area (Å²) < 4.78 is 27.9. The van der Waals surface area contributed by atoms with Gasteiger partial charge in [0.1, 0.15) is 0 Å². The minimum Gasteiger partial charge on any atom is -0.315 e. The van der Waals surface area contributed by atoms with Gasteiger partial charge in [-0.05, 0) is 17.5 Å². The van der Waals surface area contributed by atoms with Crippen molar-refractivity contribution in [1.29, 1.82) is 0 Å². The van der Waals surface area contributed by atoms with Crippen molar-refractivity contribution in [3.8, 4) is 0 Å². The van der Waals surface area contributed by atoms with Crippen LogP contribution < -0.4 is 5.32 Å². The van der Waals surface area contributed by atoms with Crippen LogP contribution in [0.3, 0.4) is 0 Å². The molecule has 1 aromatic carbocycles. The first-order valence-electron chi connectivity index (χ1n) is 6.18. The van der Waals surface area contributed by atoms with Crippen LogP contribution in [-0.4, -0.2) is 13.1 Å². The molecular weight excluding hydrogens is 220 g/mol. The molecular formula is C14H19F2N. The van der Waals surface area contributed by atoms with E-state index in [1.807, 2.05) is 19.9 Å². The van der Waals surface area contributed by atoms with Gasteiger partial charge in [0.05, 0.1) is 0 Å². The minimum absolute atomic E-state index is 0.000902. The van der Waals surface area contributed by atoms with Gasteiger partial charge in [0.15, 0.2) is 0 Å². The molecule has 0 saturated carbocycles. The van der Waals surface area contributed by atoms with Crippen LogP contribution in [-0.2, 0) is 5.92 Å². The number of hydrogen-bond acceptors (Lipinski definition) is 1. The Morgan fingerprint density at radius 2 is 2.06 bits per heavy atom. The van der Waals surface area contributed by atoms with Gasteiger partial charge in [-0.15, -0.1) is 0 Å². The summed E-state index contributed by atoms with van der Waals surface area (Å²) in [6, 6.07) is 6.91. The van der Waals surface area contributed by atoms with E-state index in [2.05, 4.69) is 5.32 Å². The molecule has 0 unspecified atom stereocenters. The fourth-order valence-corrected chi connectivity index (χ4v) is 2.18. The van der Waals surface area contributed by atoms with Gasteiger partial charge >= 0.3 is 0 Å². The third-order valence-corrected chi connectivity index (χ3v) is 3.23. The Kier molecular flexibility index (Phi) is 3.48. The molecule has 0 atom stereocenters. The van der Waals surface area contributed by atoms with Crippen LogP contribution >= 0.6 is 0 Å². The highest BCUT2D eigenvalue weighted by atomic mass is 19.3. The minimum atomic E-state index is -2.71. The summed E-state index contributed by atoms with van der Waals surface area (Å²) in [4.78, 5) is 0. The third kappa shape index (κ3) is 2.83. The van der Waals surface area contributed by atoms with Crippen LogP contribution in [0.5, 0.6) is 0 Å². The van der Waals surface area contributed by atoms with Crippen LogP contribution in [0.15, 0.2) is 24.3 Å². The normalized spacial score (nSPS) is 17.2. The van der Waals surface area contributed by atoms with E-state index in [0.29, 0.717) is 5.92 Å². The molecule has 1 fully saturated rings. The van der Waals surface area contributed by atoms with Crippen molar-refractivity contribution in [2.24, 2.45) is 5.92 Å². The molecule has 1 aliphatic rings. The molecule has 0 aromatic heterocycles. The highest BCUT2D eigenvalue weighted by Crippen LogP contribution is 2.36. The molecule has 94 valence electrons. The van der Waals surface area contributed by atoms with E-state index in [1.54, 1.807) is 12.1 Å². The maximum absolute atomic E-state index is 14.0. The fraction of sp³-hybridized carbons (Fsp3) is 0.571. The summed E-state index contributed by atoms with van der Waals surface area (Å²) in [5.74, 6) is -2.30. The molecule has 2 rings (SSSR count). The predicted octanol–water partition coefficient (Wildman–Crippen LogP) is 3.51. The topological polar surface area (TPSA) is 12.0 Å². The van der Waals surface area contributed by atoms with E-state index in [9.17, 15) is 8.78 Å². The van der Waals surface area contributed by atoms with E-state index in [1.165, 1.54) is 6.07 Å². The Hall–Kier alpha value is -0.960. The van der Waals surface area contributed by atoms with E-state index < -0.39 is 5.92 Å². The van der Waals surface area contributed by atoms with Crippen LogP contribution in [0.1, 0.15) is 37.3 Å².